The van der Waals surface area contributed by atoms with Gasteiger partial charge >= 0.3 is 0 Å². The van der Waals surface area contributed by atoms with Crippen LogP contribution in [0.4, 0.5) is 0 Å². The molecule has 3 N–H and O–H groups in total. The summed E-state index contributed by atoms with van der Waals surface area (Å²) in [4.78, 5) is 1.55. The van der Waals surface area contributed by atoms with E-state index in [9.17, 15) is 8.42 Å². The molecule has 4 nitrogen and oxygen atoms in total. The minimum absolute atomic E-state index is 0.0953. The largest absolute Gasteiger partial charge is 0.257 e. The van der Waals surface area contributed by atoms with Crippen LogP contribution in [0.15, 0.2) is 11.0 Å². The molecule has 0 amide bonds. The first-order chi connectivity index (χ1) is 5.47. The average Bonchev–Trinajstić information content (AvgIpc) is 2.31. The van der Waals surface area contributed by atoms with Gasteiger partial charge in [0.2, 0.25) is 0 Å². The highest BCUT2D eigenvalue weighted by Crippen LogP contribution is 2.33. The van der Waals surface area contributed by atoms with E-state index in [1.807, 2.05) is 0 Å². The number of hydrazine groups is 1. The van der Waals surface area contributed by atoms with Gasteiger partial charge in [-0.2, -0.15) is 0 Å². The standard InChI is InChI=1S/C4H4Cl2N2O2S2/c5-3-1-2(4(6)11-3)12(9,10)8-7/h1,8H,7H2. The smallest absolute Gasteiger partial charge is 0.255 e. The molecule has 0 saturated heterocycles. The van der Waals surface area contributed by atoms with Gasteiger partial charge < -0.3 is 0 Å². The molecule has 1 rings (SSSR count). The number of hydrogen-bond donors (Lipinski definition) is 2. The van der Waals surface area contributed by atoms with E-state index in [1.165, 1.54) is 6.07 Å². The van der Waals surface area contributed by atoms with E-state index in [0.717, 1.165) is 11.3 Å². The molecule has 0 unspecified atom stereocenters. The Morgan fingerprint density at radius 3 is 2.42 bits per heavy atom. The van der Waals surface area contributed by atoms with E-state index in [1.54, 1.807) is 4.83 Å². The Balaban J connectivity index is 3.29. The molecule has 0 fully saturated rings. The third-order valence-corrected chi connectivity index (χ3v) is 4.01. The fourth-order valence-electron chi connectivity index (χ4n) is 0.572. The van der Waals surface area contributed by atoms with Crippen molar-refractivity contribution in [3.63, 3.8) is 0 Å². The first kappa shape index (κ1) is 10.2. The molecule has 1 aromatic rings. The first-order valence-electron chi connectivity index (χ1n) is 2.64. The second-order valence-corrected chi connectivity index (χ2v) is 5.78. The maximum absolute atomic E-state index is 11.1. The Kier molecular flexibility index (Phi) is 2.97. The van der Waals surface area contributed by atoms with Crippen LogP contribution in [-0.2, 0) is 10.0 Å². The van der Waals surface area contributed by atoms with E-state index >= 15 is 0 Å². The van der Waals surface area contributed by atoms with E-state index in [2.05, 4.69) is 0 Å². The van der Waals surface area contributed by atoms with Crippen molar-refractivity contribution in [1.82, 2.24) is 4.83 Å². The van der Waals surface area contributed by atoms with Gasteiger partial charge in [-0.15, -0.1) is 16.2 Å². The number of rotatable bonds is 2. The quantitative estimate of drug-likeness (QED) is 0.609. The summed E-state index contributed by atoms with van der Waals surface area (Å²) in [6, 6.07) is 1.24. The monoisotopic (exact) mass is 246 g/mol. The zero-order valence-corrected chi connectivity index (χ0v) is 8.69. The number of nitrogens with two attached hydrogens (primary N) is 1. The Hall–Kier alpha value is 0.150. The van der Waals surface area contributed by atoms with Crippen LogP contribution in [0.25, 0.3) is 0 Å². The van der Waals surface area contributed by atoms with Gasteiger partial charge in [-0.25, -0.2) is 8.42 Å². The molecule has 0 aliphatic carbocycles. The molecule has 1 heterocycles. The van der Waals surface area contributed by atoms with Gasteiger partial charge in [-0.05, 0) is 6.07 Å². The van der Waals surface area contributed by atoms with Crippen LogP contribution in [0.5, 0.6) is 0 Å². The summed E-state index contributed by atoms with van der Waals surface area (Å²) in [5.74, 6) is 4.78. The minimum Gasteiger partial charge on any atom is -0.257 e. The molecule has 0 aliphatic heterocycles. The highest BCUT2D eigenvalue weighted by molar-refractivity contribution is 7.89. The number of thiophene rings is 1. The maximum Gasteiger partial charge on any atom is 0.255 e. The van der Waals surface area contributed by atoms with Crippen molar-refractivity contribution in [3.8, 4) is 0 Å². The lowest BCUT2D eigenvalue weighted by Crippen LogP contribution is -2.29. The van der Waals surface area contributed by atoms with Crippen molar-refractivity contribution >= 4 is 44.6 Å². The Morgan fingerprint density at radius 1 is 1.50 bits per heavy atom. The number of hydrogen-bond acceptors (Lipinski definition) is 4. The van der Waals surface area contributed by atoms with Crippen LogP contribution in [-0.4, -0.2) is 8.42 Å². The van der Waals surface area contributed by atoms with Crippen molar-refractivity contribution in [3.05, 3.63) is 14.7 Å². The number of sulfonamides is 1. The van der Waals surface area contributed by atoms with E-state index in [-0.39, 0.29) is 9.23 Å². The topological polar surface area (TPSA) is 72.2 Å². The lowest BCUT2D eigenvalue weighted by Gasteiger charge is -1.97. The van der Waals surface area contributed by atoms with Crippen molar-refractivity contribution in [1.29, 1.82) is 0 Å². The van der Waals surface area contributed by atoms with Gasteiger partial charge in [0.15, 0.2) is 0 Å². The molecular formula is C4H4Cl2N2O2S2. The van der Waals surface area contributed by atoms with Crippen LogP contribution in [0, 0.1) is 0 Å². The SMILES string of the molecule is NNS(=O)(=O)c1cc(Cl)sc1Cl. The molecule has 0 saturated carbocycles. The second-order valence-electron chi connectivity index (χ2n) is 1.81. The van der Waals surface area contributed by atoms with Crippen LogP contribution >= 0.6 is 34.5 Å². The first-order valence-corrected chi connectivity index (χ1v) is 5.70. The fourth-order valence-corrected chi connectivity index (χ4v) is 3.35. The van der Waals surface area contributed by atoms with Gasteiger partial charge in [-0.3, -0.25) is 5.84 Å². The fraction of sp³-hybridized carbons (Fsp3) is 0. The molecule has 0 aliphatic rings. The van der Waals surface area contributed by atoms with Crippen LogP contribution < -0.4 is 10.7 Å². The molecule has 0 aromatic carbocycles. The summed E-state index contributed by atoms with van der Waals surface area (Å²) in [5.41, 5.74) is 0. The predicted molar refractivity (Wildman–Crippen MR) is 48.8 cm³/mol. The molecule has 0 spiro atoms. The summed E-state index contributed by atoms with van der Waals surface area (Å²) < 4.78 is 22.5. The zero-order chi connectivity index (χ0) is 9.35. The van der Waals surface area contributed by atoms with Gasteiger partial charge in [0.1, 0.15) is 9.23 Å². The van der Waals surface area contributed by atoms with Crippen molar-refractivity contribution in [2.75, 3.05) is 0 Å². The van der Waals surface area contributed by atoms with Gasteiger partial charge in [0.05, 0.1) is 4.34 Å². The number of nitrogens with one attached hydrogen (secondary N) is 1. The lowest BCUT2D eigenvalue weighted by molar-refractivity contribution is 0.584. The number of halogens is 2. The maximum atomic E-state index is 11.1. The Morgan fingerprint density at radius 2 is 2.08 bits per heavy atom. The molecule has 68 valence electrons. The summed E-state index contributed by atoms with van der Waals surface area (Å²) in [7, 11) is -3.69. The molecule has 0 radical (unpaired) electrons. The predicted octanol–water partition coefficient (Wildman–Crippen LogP) is 1.21. The van der Waals surface area contributed by atoms with Crippen molar-refractivity contribution in [2.24, 2.45) is 5.84 Å². The molecule has 1 aromatic heterocycles. The van der Waals surface area contributed by atoms with Gasteiger partial charge in [0, 0.05) is 0 Å². The minimum atomic E-state index is -3.69. The third kappa shape index (κ3) is 1.90. The van der Waals surface area contributed by atoms with Crippen LogP contribution in [0.3, 0.4) is 0 Å². The Bertz CT molecular complexity index is 386. The molecule has 0 bridgehead atoms. The van der Waals surface area contributed by atoms with E-state index in [4.69, 9.17) is 29.0 Å². The summed E-state index contributed by atoms with van der Waals surface area (Å²) in [6.45, 7) is 0. The lowest BCUT2D eigenvalue weighted by atomic mass is 10.7. The van der Waals surface area contributed by atoms with E-state index in [0.29, 0.717) is 4.34 Å². The molecule has 0 atom stereocenters. The molecular weight excluding hydrogens is 243 g/mol. The summed E-state index contributed by atoms with van der Waals surface area (Å²) in [5, 5.41) is 0. The van der Waals surface area contributed by atoms with E-state index < -0.39 is 10.0 Å². The van der Waals surface area contributed by atoms with Crippen LogP contribution in [0.1, 0.15) is 0 Å². The van der Waals surface area contributed by atoms with Gasteiger partial charge in [0.25, 0.3) is 10.0 Å². The van der Waals surface area contributed by atoms with Crippen molar-refractivity contribution in [2.45, 2.75) is 4.90 Å². The van der Waals surface area contributed by atoms with Crippen LogP contribution in [0.2, 0.25) is 8.67 Å². The molecule has 8 heteroatoms. The highest BCUT2D eigenvalue weighted by atomic mass is 35.5. The average molecular weight is 247 g/mol. The Labute approximate surface area is 83.3 Å². The second kappa shape index (κ2) is 3.49. The zero-order valence-electron chi connectivity index (χ0n) is 5.54. The van der Waals surface area contributed by atoms with Gasteiger partial charge in [-0.1, -0.05) is 23.2 Å². The molecule has 12 heavy (non-hydrogen) atoms. The normalized spacial score (nSPS) is 11.9. The summed E-state index contributed by atoms with van der Waals surface area (Å²) in [6.07, 6.45) is 0. The summed E-state index contributed by atoms with van der Waals surface area (Å²) >= 11 is 12.1. The van der Waals surface area contributed by atoms with Crippen molar-refractivity contribution < 1.29 is 8.42 Å². The third-order valence-electron chi connectivity index (χ3n) is 1.07. The highest BCUT2D eigenvalue weighted by Gasteiger charge is 2.18.